The Balaban J connectivity index is 2.02. The summed E-state index contributed by atoms with van der Waals surface area (Å²) < 4.78 is 11.0. The number of methoxy groups -OCH3 is 1. The zero-order valence-corrected chi connectivity index (χ0v) is 15.8. The van der Waals surface area contributed by atoms with Crippen LogP contribution < -0.4 is 9.47 Å². The number of ether oxygens (including phenoxy) is 2. The average molecular weight is 362 g/mol. The van der Waals surface area contributed by atoms with Crippen LogP contribution >= 0.6 is 11.6 Å². The van der Waals surface area contributed by atoms with Crippen molar-refractivity contribution in [3.63, 3.8) is 0 Å². The highest BCUT2D eigenvalue weighted by atomic mass is 35.5. The molecule has 0 aliphatic carbocycles. The largest absolute Gasteiger partial charge is 0.497 e. The van der Waals surface area contributed by atoms with E-state index in [0.29, 0.717) is 23.7 Å². The SMILES string of the molecule is CC[C@@H](Oc1ccc(Cl)c(C)c1)C(=O)N(C)Cc1ccc(OC)cc1. The van der Waals surface area contributed by atoms with Crippen molar-refractivity contribution in [2.45, 2.75) is 32.9 Å². The number of hydrogen-bond donors (Lipinski definition) is 0. The Morgan fingerprint density at radius 3 is 2.36 bits per heavy atom. The van der Waals surface area contributed by atoms with Crippen LogP contribution in [-0.4, -0.2) is 31.1 Å². The first kappa shape index (κ1) is 19.1. The first-order chi connectivity index (χ1) is 11.9. The third-order valence-corrected chi connectivity index (χ3v) is 4.43. The standard InChI is InChI=1S/C20H24ClNO3/c1-5-19(25-17-10-11-18(21)14(2)12-17)20(23)22(3)13-15-6-8-16(24-4)9-7-15/h6-12,19H,5,13H2,1-4H3/t19-/m1/s1. The molecule has 0 aromatic heterocycles. The minimum absolute atomic E-state index is 0.0501. The van der Waals surface area contributed by atoms with Crippen LogP contribution in [0.3, 0.4) is 0 Å². The number of carbonyl (C=O) groups is 1. The number of amides is 1. The smallest absolute Gasteiger partial charge is 0.263 e. The molecule has 4 nitrogen and oxygen atoms in total. The first-order valence-electron chi connectivity index (χ1n) is 8.25. The van der Waals surface area contributed by atoms with Gasteiger partial charge in [0.25, 0.3) is 5.91 Å². The second-order valence-corrected chi connectivity index (χ2v) is 6.38. The third kappa shape index (κ3) is 5.13. The summed E-state index contributed by atoms with van der Waals surface area (Å²) in [5.41, 5.74) is 1.96. The molecule has 0 bridgehead atoms. The molecule has 0 aliphatic heterocycles. The van der Waals surface area contributed by atoms with Gasteiger partial charge in [-0.05, 0) is 54.8 Å². The Morgan fingerprint density at radius 1 is 1.16 bits per heavy atom. The quantitative estimate of drug-likeness (QED) is 0.730. The van der Waals surface area contributed by atoms with Gasteiger partial charge in [-0.2, -0.15) is 0 Å². The Morgan fingerprint density at radius 2 is 1.80 bits per heavy atom. The van der Waals surface area contributed by atoms with Crippen LogP contribution in [0.4, 0.5) is 0 Å². The molecule has 1 atom stereocenters. The fourth-order valence-corrected chi connectivity index (χ4v) is 2.61. The second-order valence-electron chi connectivity index (χ2n) is 5.97. The molecule has 5 heteroatoms. The van der Waals surface area contributed by atoms with Crippen LogP contribution in [0.5, 0.6) is 11.5 Å². The summed E-state index contributed by atoms with van der Waals surface area (Å²) in [5.74, 6) is 1.40. The maximum absolute atomic E-state index is 12.7. The summed E-state index contributed by atoms with van der Waals surface area (Å²) >= 11 is 6.04. The van der Waals surface area contributed by atoms with E-state index in [0.717, 1.165) is 16.9 Å². The summed E-state index contributed by atoms with van der Waals surface area (Å²) in [6, 6.07) is 13.1. The van der Waals surface area contributed by atoms with Gasteiger partial charge in [0.15, 0.2) is 6.10 Å². The Hall–Kier alpha value is -2.20. The van der Waals surface area contributed by atoms with Crippen molar-refractivity contribution in [3.8, 4) is 11.5 Å². The second kappa shape index (κ2) is 8.77. The average Bonchev–Trinajstić information content (AvgIpc) is 2.62. The highest BCUT2D eigenvalue weighted by molar-refractivity contribution is 6.31. The Kier molecular flexibility index (Phi) is 6.71. The van der Waals surface area contributed by atoms with E-state index in [1.807, 2.05) is 44.2 Å². The van der Waals surface area contributed by atoms with Gasteiger partial charge in [-0.1, -0.05) is 30.7 Å². The minimum Gasteiger partial charge on any atom is -0.497 e. The molecule has 0 saturated heterocycles. The van der Waals surface area contributed by atoms with E-state index < -0.39 is 6.10 Å². The number of halogens is 1. The van der Waals surface area contributed by atoms with Gasteiger partial charge in [0, 0.05) is 18.6 Å². The van der Waals surface area contributed by atoms with Crippen molar-refractivity contribution < 1.29 is 14.3 Å². The van der Waals surface area contributed by atoms with E-state index in [9.17, 15) is 4.79 Å². The molecule has 2 aromatic rings. The van der Waals surface area contributed by atoms with Crippen LogP contribution in [0.2, 0.25) is 5.02 Å². The van der Waals surface area contributed by atoms with Gasteiger partial charge in [-0.25, -0.2) is 0 Å². The summed E-state index contributed by atoms with van der Waals surface area (Å²) in [6.45, 7) is 4.36. The number of carbonyl (C=O) groups excluding carboxylic acids is 1. The molecule has 25 heavy (non-hydrogen) atoms. The zero-order chi connectivity index (χ0) is 18.4. The lowest BCUT2D eigenvalue weighted by Gasteiger charge is -2.24. The molecule has 0 spiro atoms. The Bertz CT molecular complexity index is 715. The van der Waals surface area contributed by atoms with Crippen LogP contribution in [0, 0.1) is 6.92 Å². The van der Waals surface area contributed by atoms with Gasteiger partial charge in [-0.3, -0.25) is 4.79 Å². The first-order valence-corrected chi connectivity index (χ1v) is 8.63. The van der Waals surface area contributed by atoms with Gasteiger partial charge in [-0.15, -0.1) is 0 Å². The predicted octanol–water partition coefficient (Wildman–Crippen LogP) is 4.47. The Labute approximate surface area is 154 Å². The molecule has 0 N–H and O–H groups in total. The normalized spacial score (nSPS) is 11.7. The fraction of sp³-hybridized carbons (Fsp3) is 0.350. The number of nitrogens with zero attached hydrogens (tertiary/aromatic N) is 1. The van der Waals surface area contributed by atoms with Crippen LogP contribution in [0.15, 0.2) is 42.5 Å². The number of likely N-dealkylation sites (N-methyl/N-ethyl adjacent to an activating group) is 1. The summed E-state index contributed by atoms with van der Waals surface area (Å²) in [5, 5.41) is 0.684. The van der Waals surface area contributed by atoms with Crippen molar-refractivity contribution in [2.75, 3.05) is 14.2 Å². The van der Waals surface area contributed by atoms with Crippen LogP contribution in [0.1, 0.15) is 24.5 Å². The fourth-order valence-electron chi connectivity index (χ4n) is 2.49. The van der Waals surface area contributed by atoms with E-state index >= 15 is 0 Å². The van der Waals surface area contributed by atoms with Gasteiger partial charge in [0.05, 0.1) is 7.11 Å². The summed E-state index contributed by atoms with van der Waals surface area (Å²) in [7, 11) is 3.41. The van der Waals surface area contributed by atoms with Gasteiger partial charge in [0.2, 0.25) is 0 Å². The molecule has 0 fully saturated rings. The van der Waals surface area contributed by atoms with E-state index in [1.165, 1.54) is 0 Å². The molecular weight excluding hydrogens is 338 g/mol. The molecule has 0 radical (unpaired) electrons. The van der Waals surface area contributed by atoms with E-state index in [4.69, 9.17) is 21.1 Å². The zero-order valence-electron chi connectivity index (χ0n) is 15.1. The lowest BCUT2D eigenvalue weighted by Crippen LogP contribution is -2.39. The topological polar surface area (TPSA) is 38.8 Å². The highest BCUT2D eigenvalue weighted by Gasteiger charge is 2.22. The van der Waals surface area contributed by atoms with E-state index in [-0.39, 0.29) is 5.91 Å². The molecule has 0 heterocycles. The van der Waals surface area contributed by atoms with Gasteiger partial charge < -0.3 is 14.4 Å². The molecular formula is C20H24ClNO3. The van der Waals surface area contributed by atoms with Crippen molar-refractivity contribution in [1.29, 1.82) is 0 Å². The van der Waals surface area contributed by atoms with Crippen molar-refractivity contribution >= 4 is 17.5 Å². The van der Waals surface area contributed by atoms with Crippen LogP contribution in [-0.2, 0) is 11.3 Å². The lowest BCUT2D eigenvalue weighted by molar-refractivity contribution is -0.138. The molecule has 2 aromatic carbocycles. The number of rotatable bonds is 7. The van der Waals surface area contributed by atoms with E-state index in [1.54, 1.807) is 31.2 Å². The van der Waals surface area contributed by atoms with Gasteiger partial charge >= 0.3 is 0 Å². The van der Waals surface area contributed by atoms with Gasteiger partial charge in [0.1, 0.15) is 11.5 Å². The minimum atomic E-state index is -0.524. The van der Waals surface area contributed by atoms with Crippen molar-refractivity contribution in [2.24, 2.45) is 0 Å². The van der Waals surface area contributed by atoms with Crippen molar-refractivity contribution in [1.82, 2.24) is 4.90 Å². The molecule has 0 saturated carbocycles. The van der Waals surface area contributed by atoms with Crippen molar-refractivity contribution in [3.05, 3.63) is 58.6 Å². The predicted molar refractivity (Wildman–Crippen MR) is 100 cm³/mol. The number of aryl methyl sites for hydroxylation is 1. The maximum Gasteiger partial charge on any atom is 0.263 e. The highest BCUT2D eigenvalue weighted by Crippen LogP contribution is 2.23. The molecule has 134 valence electrons. The van der Waals surface area contributed by atoms with Crippen LogP contribution in [0.25, 0.3) is 0 Å². The third-order valence-electron chi connectivity index (χ3n) is 4.01. The molecule has 0 aliphatic rings. The van der Waals surface area contributed by atoms with E-state index in [2.05, 4.69) is 0 Å². The monoisotopic (exact) mass is 361 g/mol. The number of hydrogen-bond acceptors (Lipinski definition) is 3. The summed E-state index contributed by atoms with van der Waals surface area (Å²) in [6.07, 6.45) is 0.0665. The summed E-state index contributed by atoms with van der Waals surface area (Å²) in [4.78, 5) is 14.4. The molecule has 1 amide bonds. The molecule has 0 unspecified atom stereocenters. The lowest BCUT2D eigenvalue weighted by atomic mass is 10.2. The number of benzene rings is 2. The maximum atomic E-state index is 12.7. The molecule has 2 rings (SSSR count).